The van der Waals surface area contributed by atoms with Crippen molar-refractivity contribution >= 4 is 0 Å². The molecule has 0 bridgehead atoms. The summed E-state index contributed by atoms with van der Waals surface area (Å²) >= 11 is 0. The molecular weight excluding hydrogens is 260 g/mol. The summed E-state index contributed by atoms with van der Waals surface area (Å²) in [6.45, 7) is 13.3. The van der Waals surface area contributed by atoms with E-state index in [1.807, 2.05) is 0 Å². The first-order valence-electron chi connectivity index (χ1n) is 9.05. The average molecular weight is 296 g/mol. The molecule has 0 spiro atoms. The third-order valence-electron chi connectivity index (χ3n) is 5.07. The molecule has 124 valence electrons. The van der Waals surface area contributed by atoms with Crippen LogP contribution < -0.4 is 0 Å². The highest BCUT2D eigenvalue weighted by molar-refractivity contribution is 4.85. The van der Waals surface area contributed by atoms with Gasteiger partial charge in [-0.3, -0.25) is 9.80 Å². The fourth-order valence-corrected chi connectivity index (χ4v) is 4.14. The van der Waals surface area contributed by atoms with Crippen LogP contribution in [0.2, 0.25) is 0 Å². The second-order valence-electron chi connectivity index (χ2n) is 8.46. The van der Waals surface area contributed by atoms with Crippen LogP contribution >= 0.6 is 0 Å². The van der Waals surface area contributed by atoms with E-state index in [1.54, 1.807) is 0 Å². The first-order chi connectivity index (χ1) is 9.98. The zero-order chi connectivity index (χ0) is 15.3. The summed E-state index contributed by atoms with van der Waals surface area (Å²) in [4.78, 5) is 5.29. The van der Waals surface area contributed by atoms with Gasteiger partial charge >= 0.3 is 0 Å². The number of aliphatic hydroxyl groups is 1. The molecule has 2 aliphatic rings. The van der Waals surface area contributed by atoms with Crippen molar-refractivity contribution in [2.24, 2.45) is 11.3 Å². The number of piperazine rings is 1. The van der Waals surface area contributed by atoms with Gasteiger partial charge in [0.05, 0.1) is 0 Å². The Bertz CT molecular complexity index is 294. The van der Waals surface area contributed by atoms with Crippen LogP contribution in [0, 0.1) is 11.3 Å². The lowest BCUT2D eigenvalue weighted by Gasteiger charge is -2.44. The van der Waals surface area contributed by atoms with Gasteiger partial charge in [-0.05, 0) is 30.6 Å². The molecule has 21 heavy (non-hydrogen) atoms. The average Bonchev–Trinajstić information content (AvgIpc) is 2.41. The van der Waals surface area contributed by atoms with Crippen molar-refractivity contribution in [2.75, 3.05) is 39.3 Å². The second kappa shape index (κ2) is 7.94. The van der Waals surface area contributed by atoms with Gasteiger partial charge in [0.1, 0.15) is 0 Å². The Labute approximate surface area is 131 Å². The van der Waals surface area contributed by atoms with Crippen LogP contribution in [0.1, 0.15) is 59.3 Å². The SMILES string of the molecule is CC(C)(C)CN1CCN(CC2CCCCC2)C(CCO)C1. The Hall–Kier alpha value is -0.120. The lowest BCUT2D eigenvalue weighted by Crippen LogP contribution is -2.55. The topological polar surface area (TPSA) is 26.7 Å². The van der Waals surface area contributed by atoms with Crippen LogP contribution in [0.25, 0.3) is 0 Å². The van der Waals surface area contributed by atoms with Gasteiger partial charge in [0.15, 0.2) is 0 Å². The van der Waals surface area contributed by atoms with Crippen molar-refractivity contribution in [3.8, 4) is 0 Å². The molecule has 1 heterocycles. The molecule has 3 heteroatoms. The highest BCUT2D eigenvalue weighted by Gasteiger charge is 2.30. The van der Waals surface area contributed by atoms with E-state index < -0.39 is 0 Å². The summed E-state index contributed by atoms with van der Waals surface area (Å²) in [6, 6.07) is 0.563. The van der Waals surface area contributed by atoms with Crippen LogP contribution in [0.4, 0.5) is 0 Å². The minimum atomic E-state index is 0.329. The molecule has 1 atom stereocenters. The lowest BCUT2D eigenvalue weighted by molar-refractivity contribution is 0.0300. The Kier molecular flexibility index (Phi) is 6.51. The maximum absolute atomic E-state index is 9.42. The number of rotatable bonds is 5. The molecular formula is C18H36N2O. The summed E-state index contributed by atoms with van der Waals surface area (Å²) in [6.07, 6.45) is 8.09. The van der Waals surface area contributed by atoms with Crippen LogP contribution in [0.5, 0.6) is 0 Å². The van der Waals surface area contributed by atoms with Gasteiger partial charge in [0.25, 0.3) is 0 Å². The molecule has 1 aliphatic heterocycles. The van der Waals surface area contributed by atoms with Crippen molar-refractivity contribution < 1.29 is 5.11 Å². The third-order valence-corrected chi connectivity index (χ3v) is 5.07. The van der Waals surface area contributed by atoms with Crippen molar-refractivity contribution in [1.82, 2.24) is 9.80 Å². The minimum absolute atomic E-state index is 0.329. The number of hydrogen-bond donors (Lipinski definition) is 1. The first-order valence-corrected chi connectivity index (χ1v) is 9.05. The first kappa shape index (κ1) is 17.2. The largest absolute Gasteiger partial charge is 0.396 e. The standard InChI is InChI=1S/C18H36N2O/c1-18(2,3)15-19-10-11-20(17(14-19)9-12-21)13-16-7-5-4-6-8-16/h16-17,21H,4-15H2,1-3H3. The predicted octanol–water partition coefficient (Wildman–Crippen LogP) is 2.98. The molecule has 0 aromatic carbocycles. The summed E-state index contributed by atoms with van der Waals surface area (Å²) in [5.41, 5.74) is 0.370. The molecule has 2 fully saturated rings. The van der Waals surface area contributed by atoms with E-state index in [0.717, 1.165) is 18.9 Å². The normalized spacial score (nSPS) is 27.1. The van der Waals surface area contributed by atoms with E-state index in [0.29, 0.717) is 18.1 Å². The molecule has 0 aromatic heterocycles. The molecule has 1 unspecified atom stereocenters. The highest BCUT2D eigenvalue weighted by atomic mass is 16.3. The summed E-state index contributed by atoms with van der Waals surface area (Å²) in [5.74, 6) is 0.911. The second-order valence-corrected chi connectivity index (χ2v) is 8.46. The van der Waals surface area contributed by atoms with E-state index in [2.05, 4.69) is 30.6 Å². The molecule has 0 amide bonds. The van der Waals surface area contributed by atoms with Gasteiger partial charge in [0.2, 0.25) is 0 Å². The van der Waals surface area contributed by atoms with E-state index in [1.165, 1.54) is 58.3 Å². The van der Waals surface area contributed by atoms with Gasteiger partial charge in [-0.1, -0.05) is 40.0 Å². The fraction of sp³-hybridized carbons (Fsp3) is 1.00. The van der Waals surface area contributed by atoms with E-state index in [-0.39, 0.29) is 0 Å². The lowest BCUT2D eigenvalue weighted by atomic mass is 9.88. The molecule has 2 rings (SSSR count). The maximum Gasteiger partial charge on any atom is 0.0446 e. The van der Waals surface area contributed by atoms with Crippen LogP contribution in [0.3, 0.4) is 0 Å². The van der Waals surface area contributed by atoms with Gasteiger partial charge in [0, 0.05) is 45.4 Å². The third kappa shape index (κ3) is 5.88. The quantitative estimate of drug-likeness (QED) is 0.845. The monoisotopic (exact) mass is 296 g/mol. The van der Waals surface area contributed by atoms with E-state index >= 15 is 0 Å². The van der Waals surface area contributed by atoms with Gasteiger partial charge in [-0.2, -0.15) is 0 Å². The Morgan fingerprint density at radius 2 is 1.76 bits per heavy atom. The van der Waals surface area contributed by atoms with Crippen molar-refractivity contribution in [3.05, 3.63) is 0 Å². The van der Waals surface area contributed by atoms with Crippen molar-refractivity contribution in [3.63, 3.8) is 0 Å². The Morgan fingerprint density at radius 1 is 1.05 bits per heavy atom. The minimum Gasteiger partial charge on any atom is -0.396 e. The molecule has 1 N–H and O–H groups in total. The predicted molar refractivity (Wildman–Crippen MR) is 89.5 cm³/mol. The number of aliphatic hydroxyl groups excluding tert-OH is 1. The molecule has 0 aromatic rings. The zero-order valence-electron chi connectivity index (χ0n) is 14.5. The molecule has 1 aliphatic carbocycles. The van der Waals surface area contributed by atoms with Crippen molar-refractivity contribution in [2.45, 2.75) is 65.3 Å². The Morgan fingerprint density at radius 3 is 2.38 bits per heavy atom. The van der Waals surface area contributed by atoms with Crippen LogP contribution in [-0.4, -0.2) is 60.3 Å². The Balaban J connectivity index is 1.86. The van der Waals surface area contributed by atoms with E-state index in [4.69, 9.17) is 0 Å². The van der Waals surface area contributed by atoms with Crippen LogP contribution in [0.15, 0.2) is 0 Å². The maximum atomic E-state index is 9.42. The van der Waals surface area contributed by atoms with Gasteiger partial charge in [-0.25, -0.2) is 0 Å². The molecule has 0 radical (unpaired) electrons. The summed E-state index contributed by atoms with van der Waals surface area (Å²) in [5, 5.41) is 9.42. The van der Waals surface area contributed by atoms with Gasteiger partial charge < -0.3 is 5.11 Å². The van der Waals surface area contributed by atoms with E-state index in [9.17, 15) is 5.11 Å². The van der Waals surface area contributed by atoms with Crippen LogP contribution in [-0.2, 0) is 0 Å². The summed E-state index contributed by atoms with van der Waals surface area (Å²) < 4.78 is 0. The zero-order valence-corrected chi connectivity index (χ0v) is 14.5. The number of hydrogen-bond acceptors (Lipinski definition) is 3. The molecule has 1 saturated heterocycles. The fourth-order valence-electron chi connectivity index (χ4n) is 4.14. The smallest absolute Gasteiger partial charge is 0.0446 e. The molecule has 1 saturated carbocycles. The van der Waals surface area contributed by atoms with Crippen molar-refractivity contribution in [1.29, 1.82) is 0 Å². The number of nitrogens with zero attached hydrogens (tertiary/aromatic N) is 2. The molecule has 3 nitrogen and oxygen atoms in total. The summed E-state index contributed by atoms with van der Waals surface area (Å²) in [7, 11) is 0. The highest BCUT2D eigenvalue weighted by Crippen LogP contribution is 2.27. The van der Waals surface area contributed by atoms with Gasteiger partial charge in [-0.15, -0.1) is 0 Å².